The van der Waals surface area contributed by atoms with Crippen LogP contribution in [0.3, 0.4) is 0 Å². The molecule has 4 nitrogen and oxygen atoms in total. The average molecular weight is 441 g/mol. The van der Waals surface area contributed by atoms with Gasteiger partial charge in [-0.15, -0.1) is 11.8 Å². The van der Waals surface area contributed by atoms with Crippen molar-refractivity contribution in [3.63, 3.8) is 0 Å². The van der Waals surface area contributed by atoms with Crippen LogP contribution in [0.15, 0.2) is 54.6 Å². The lowest BCUT2D eigenvalue weighted by atomic mass is 10.1. The van der Waals surface area contributed by atoms with Crippen LogP contribution in [0.4, 0.5) is 0 Å². The highest BCUT2D eigenvalue weighted by Gasteiger charge is 2.30. The molecule has 0 aliphatic heterocycles. The molecule has 0 aliphatic carbocycles. The third-order valence-corrected chi connectivity index (χ3v) is 6.08. The Labute approximate surface area is 191 Å². The van der Waals surface area contributed by atoms with E-state index in [0.717, 1.165) is 12.2 Å². The number of thioether (sulfide) groups is 1. The number of nitrogens with zero attached hydrogens (tertiary/aromatic N) is 1. The first-order chi connectivity index (χ1) is 14.7. The van der Waals surface area contributed by atoms with Crippen LogP contribution in [-0.4, -0.2) is 40.6 Å². The highest BCUT2D eigenvalue weighted by Crippen LogP contribution is 2.18. The van der Waals surface area contributed by atoms with E-state index in [1.54, 1.807) is 16.7 Å². The van der Waals surface area contributed by atoms with Gasteiger partial charge in [0.15, 0.2) is 0 Å². The van der Waals surface area contributed by atoms with Crippen molar-refractivity contribution in [3.8, 4) is 0 Å². The summed E-state index contributed by atoms with van der Waals surface area (Å²) in [6.45, 7) is 10.5. The SMILES string of the molecule is CC[C@@H](C(=O)NC(C)(C)C)N(CCc1ccccc1)C(=O)CSCc1ccccc1C. The molecule has 2 aromatic carbocycles. The third-order valence-electron chi connectivity index (χ3n) is 5.11. The standard InChI is InChI=1S/C26H36N2O2S/c1-6-23(25(30)27-26(3,4)5)28(17-16-21-13-8-7-9-14-21)24(29)19-31-18-22-15-11-10-12-20(22)2/h7-15,23H,6,16-19H2,1-5H3,(H,27,30)/t23-/m0/s1. The van der Waals surface area contributed by atoms with Crippen molar-refractivity contribution in [1.82, 2.24) is 10.2 Å². The molecule has 1 N–H and O–H groups in total. The predicted octanol–water partition coefficient (Wildman–Crippen LogP) is 4.99. The van der Waals surface area contributed by atoms with Crippen molar-refractivity contribution in [2.24, 2.45) is 0 Å². The van der Waals surface area contributed by atoms with Crippen molar-refractivity contribution in [2.45, 2.75) is 64.8 Å². The molecule has 168 valence electrons. The van der Waals surface area contributed by atoms with Gasteiger partial charge in [0, 0.05) is 17.8 Å². The van der Waals surface area contributed by atoms with Gasteiger partial charge in [0.1, 0.15) is 6.04 Å². The van der Waals surface area contributed by atoms with E-state index in [1.165, 1.54) is 16.7 Å². The molecule has 2 amide bonds. The van der Waals surface area contributed by atoms with Gasteiger partial charge in [-0.25, -0.2) is 0 Å². The number of rotatable bonds is 10. The molecular weight excluding hydrogens is 404 g/mol. The van der Waals surface area contributed by atoms with Crippen molar-refractivity contribution in [3.05, 3.63) is 71.3 Å². The molecule has 0 aromatic heterocycles. The quantitative estimate of drug-likeness (QED) is 0.566. The average Bonchev–Trinajstić information content (AvgIpc) is 2.71. The van der Waals surface area contributed by atoms with E-state index in [0.29, 0.717) is 18.7 Å². The van der Waals surface area contributed by atoms with Crippen LogP contribution in [0.1, 0.15) is 50.8 Å². The van der Waals surface area contributed by atoms with Crippen LogP contribution in [0.25, 0.3) is 0 Å². The van der Waals surface area contributed by atoms with Gasteiger partial charge < -0.3 is 10.2 Å². The summed E-state index contributed by atoms with van der Waals surface area (Å²) in [5.74, 6) is 1.09. The lowest BCUT2D eigenvalue weighted by molar-refractivity contribution is -0.139. The highest BCUT2D eigenvalue weighted by molar-refractivity contribution is 7.99. The van der Waals surface area contributed by atoms with Gasteiger partial charge in [-0.05, 0) is 57.2 Å². The predicted molar refractivity (Wildman–Crippen MR) is 131 cm³/mol. The largest absolute Gasteiger partial charge is 0.350 e. The summed E-state index contributed by atoms with van der Waals surface area (Å²) >= 11 is 1.61. The summed E-state index contributed by atoms with van der Waals surface area (Å²) in [4.78, 5) is 28.0. The Kier molecular flexibility index (Phi) is 9.63. The molecule has 2 aromatic rings. The Morgan fingerprint density at radius 1 is 1.03 bits per heavy atom. The molecule has 0 spiro atoms. The molecule has 0 heterocycles. The molecule has 31 heavy (non-hydrogen) atoms. The molecule has 0 bridgehead atoms. The van der Waals surface area contributed by atoms with E-state index >= 15 is 0 Å². The zero-order valence-electron chi connectivity index (χ0n) is 19.5. The van der Waals surface area contributed by atoms with Gasteiger partial charge in [-0.3, -0.25) is 9.59 Å². The first-order valence-corrected chi connectivity index (χ1v) is 12.1. The molecule has 0 saturated carbocycles. The Bertz CT molecular complexity index is 846. The lowest BCUT2D eigenvalue weighted by Gasteiger charge is -2.33. The fraction of sp³-hybridized carbons (Fsp3) is 0.462. The van der Waals surface area contributed by atoms with Gasteiger partial charge in [-0.2, -0.15) is 0 Å². The maximum absolute atomic E-state index is 13.2. The summed E-state index contributed by atoms with van der Waals surface area (Å²) in [6, 6.07) is 17.9. The van der Waals surface area contributed by atoms with E-state index in [1.807, 2.05) is 58.0 Å². The number of benzene rings is 2. The smallest absolute Gasteiger partial charge is 0.243 e. The zero-order valence-corrected chi connectivity index (χ0v) is 20.3. The fourth-order valence-corrected chi connectivity index (χ4v) is 4.44. The van der Waals surface area contributed by atoms with E-state index in [9.17, 15) is 9.59 Å². The molecule has 0 saturated heterocycles. The minimum Gasteiger partial charge on any atom is -0.350 e. The summed E-state index contributed by atoms with van der Waals surface area (Å²) < 4.78 is 0. The van der Waals surface area contributed by atoms with Gasteiger partial charge >= 0.3 is 0 Å². The molecule has 0 unspecified atom stereocenters. The van der Waals surface area contributed by atoms with Crippen LogP contribution < -0.4 is 5.32 Å². The van der Waals surface area contributed by atoms with Crippen LogP contribution >= 0.6 is 11.8 Å². The number of carbonyl (C=O) groups is 2. The number of carbonyl (C=O) groups excluding carboxylic acids is 2. The molecule has 5 heteroatoms. The number of nitrogens with one attached hydrogen (secondary N) is 1. The Morgan fingerprint density at radius 3 is 2.29 bits per heavy atom. The van der Waals surface area contributed by atoms with E-state index in [4.69, 9.17) is 0 Å². The van der Waals surface area contributed by atoms with E-state index in [2.05, 4.69) is 36.5 Å². The van der Waals surface area contributed by atoms with E-state index < -0.39 is 6.04 Å². The van der Waals surface area contributed by atoms with Gasteiger partial charge in [-0.1, -0.05) is 61.5 Å². The minimum absolute atomic E-state index is 0.0189. The van der Waals surface area contributed by atoms with Crippen LogP contribution in [0.2, 0.25) is 0 Å². The van der Waals surface area contributed by atoms with Crippen molar-refractivity contribution < 1.29 is 9.59 Å². The second-order valence-electron chi connectivity index (χ2n) is 8.91. The first kappa shape index (κ1) is 25.0. The summed E-state index contributed by atoms with van der Waals surface area (Å²) in [7, 11) is 0. The molecule has 0 fully saturated rings. The molecule has 0 radical (unpaired) electrons. The topological polar surface area (TPSA) is 49.4 Å². The molecular formula is C26H36N2O2S. The van der Waals surface area contributed by atoms with Crippen molar-refractivity contribution >= 4 is 23.6 Å². The Morgan fingerprint density at radius 2 is 1.68 bits per heavy atom. The number of amides is 2. The Balaban J connectivity index is 2.09. The summed E-state index contributed by atoms with van der Waals surface area (Å²) in [5, 5.41) is 3.05. The molecule has 0 aliphatic rings. The van der Waals surface area contributed by atoms with Gasteiger partial charge in [0.05, 0.1) is 5.75 Å². The number of hydrogen-bond donors (Lipinski definition) is 1. The second kappa shape index (κ2) is 11.9. The zero-order chi connectivity index (χ0) is 22.9. The number of aryl methyl sites for hydroxylation is 1. The van der Waals surface area contributed by atoms with Crippen molar-refractivity contribution in [1.29, 1.82) is 0 Å². The first-order valence-electron chi connectivity index (χ1n) is 11.0. The van der Waals surface area contributed by atoms with Gasteiger partial charge in [0.2, 0.25) is 11.8 Å². The monoisotopic (exact) mass is 440 g/mol. The summed E-state index contributed by atoms with van der Waals surface area (Å²) in [5.41, 5.74) is 3.31. The highest BCUT2D eigenvalue weighted by atomic mass is 32.2. The fourth-order valence-electron chi connectivity index (χ4n) is 3.45. The second-order valence-corrected chi connectivity index (χ2v) is 9.89. The van der Waals surface area contributed by atoms with E-state index in [-0.39, 0.29) is 17.4 Å². The normalized spacial score (nSPS) is 12.3. The van der Waals surface area contributed by atoms with Crippen molar-refractivity contribution in [2.75, 3.05) is 12.3 Å². The lowest BCUT2D eigenvalue weighted by Crippen LogP contribution is -2.54. The van der Waals surface area contributed by atoms with Gasteiger partial charge in [0.25, 0.3) is 0 Å². The maximum atomic E-state index is 13.2. The Hall–Kier alpha value is -2.27. The van der Waals surface area contributed by atoms with Crippen LogP contribution in [0, 0.1) is 6.92 Å². The molecule has 2 rings (SSSR count). The molecule has 1 atom stereocenters. The third kappa shape index (κ3) is 8.41. The van der Waals surface area contributed by atoms with Crippen LogP contribution in [-0.2, 0) is 21.8 Å². The maximum Gasteiger partial charge on any atom is 0.243 e. The number of hydrogen-bond acceptors (Lipinski definition) is 3. The van der Waals surface area contributed by atoms with Crippen LogP contribution in [0.5, 0.6) is 0 Å². The minimum atomic E-state index is -0.463. The summed E-state index contributed by atoms with van der Waals surface area (Å²) in [6.07, 6.45) is 1.32.